The van der Waals surface area contributed by atoms with Gasteiger partial charge in [0.05, 0.1) is 62.0 Å². The Morgan fingerprint density at radius 3 is 1.49 bits per heavy atom. The Kier molecular flexibility index (Phi) is 30.4. The van der Waals surface area contributed by atoms with E-state index in [0.29, 0.717) is 121 Å². The summed E-state index contributed by atoms with van der Waals surface area (Å²) in [7, 11) is 6.16. The molecular weight excluding hydrogens is 1470 g/mol. The fraction of sp³-hybridized carbons (Fsp3) is 0.197. The zero-order valence-electron chi connectivity index (χ0n) is 56.3. The molecule has 0 bridgehead atoms. The molecule has 0 atom stereocenters. The number of nitrogen functional groups attached to an aromatic ring is 1. The van der Waals surface area contributed by atoms with Gasteiger partial charge >= 0.3 is 115 Å². The van der Waals surface area contributed by atoms with Crippen LogP contribution in [-0.4, -0.2) is 85.5 Å². The third kappa shape index (κ3) is 21.0. The molecule has 514 valence electrons. The first kappa shape index (κ1) is 81.2. The number of nitrogens with zero attached hydrogens (tertiary/aromatic N) is 6. The summed E-state index contributed by atoms with van der Waals surface area (Å²) in [5.41, 5.74) is 14.8. The predicted octanol–water partition coefficient (Wildman–Crippen LogP) is 9.78. The number of benzene rings is 6. The number of alkyl halides is 7. The number of hydrogen-bond donors (Lipinski definition) is 4. The third-order valence-electron chi connectivity index (χ3n) is 15.5. The molecule has 30 heteroatoms. The number of rotatable bonds is 21. The van der Waals surface area contributed by atoms with Crippen molar-refractivity contribution in [2.75, 3.05) is 34.2 Å². The summed E-state index contributed by atoms with van der Waals surface area (Å²) in [5.74, 6) is 2.80. The van der Waals surface area contributed by atoms with Crippen molar-refractivity contribution >= 4 is 107 Å². The molecule has 12 aromatic rings. The Morgan fingerprint density at radius 2 is 1.06 bits per heavy atom. The molecule has 101 heavy (non-hydrogen) atoms. The molecule has 12 rings (SSSR count). The number of carbonyl (C=O) groups excluding carboxylic acids is 3. The standard InChI is InChI=1S/C35H30F3N5O3S.C27H25N5O3S.C8H6BrF3.CH2O3.2K.H/c1-45-31-17-26-28(18-32(31)46-2)42-34(47-20-21-7-11-25(12-8-21)35(36,37)38)43(33(26)39)14-4-6-30(44)29-16-23-10-9-22(15-27(23)41-29)24-5-3-13-40-19-24;1-34-24-13-19-21(14-25(24)35-2)31-27(36)32(26(19)28)10-4-6-23(33)22-12-17-8-7-16(11-20(17)30-22)18-5-3-9-29-15-18;9-5-6-1-3-7(4-2-6)8(10,11)12;2-1-4-3;;;/h3,5,7-13,15-19,39,41H,4,6,14,20H2,1-2H3;3,5,7-9,11-15,30H,4,6,10,28H2,1-2H3;1-4H,5H2;1,3H;;;/q;;;;2*+1;-1/p-1. The van der Waals surface area contributed by atoms with Crippen LogP contribution in [-0.2, 0) is 46.2 Å². The Morgan fingerprint density at radius 1 is 0.624 bits per heavy atom. The number of thioether (sulfide) groups is 1. The molecule has 6 heterocycles. The summed E-state index contributed by atoms with van der Waals surface area (Å²) >= 11 is 9.94. The number of halogens is 7. The monoisotopic (exact) mass is 1530 g/mol. The maximum atomic E-state index is 13.3. The van der Waals surface area contributed by atoms with Gasteiger partial charge in [-0.2, -0.15) is 26.3 Å². The van der Waals surface area contributed by atoms with Crippen LogP contribution in [0.5, 0.6) is 23.0 Å². The van der Waals surface area contributed by atoms with E-state index in [1.807, 2.05) is 79.0 Å². The third-order valence-corrected chi connectivity index (χ3v) is 17.5. The first-order valence-corrected chi connectivity index (χ1v) is 32.6. The molecule has 0 amide bonds. The minimum Gasteiger partial charge on any atom is -1.00 e. The molecule has 0 fully saturated rings. The van der Waals surface area contributed by atoms with Crippen molar-refractivity contribution in [1.29, 1.82) is 5.41 Å². The van der Waals surface area contributed by atoms with Crippen LogP contribution in [0.15, 0.2) is 176 Å². The minimum absolute atomic E-state index is 0. The number of ether oxygens (including phenoxy) is 4. The van der Waals surface area contributed by atoms with Crippen LogP contribution >= 0.6 is 39.9 Å². The normalized spacial score (nSPS) is 11.0. The fourth-order valence-electron chi connectivity index (χ4n) is 10.4. The summed E-state index contributed by atoms with van der Waals surface area (Å²) in [5, 5.41) is 21.7. The van der Waals surface area contributed by atoms with Gasteiger partial charge in [0.1, 0.15) is 11.3 Å². The zero-order valence-corrected chi connectivity index (χ0v) is 64.8. The number of aromatic nitrogens is 8. The number of pyridine rings is 2. The van der Waals surface area contributed by atoms with E-state index >= 15 is 0 Å². The van der Waals surface area contributed by atoms with Gasteiger partial charge in [-0.05, 0) is 120 Å². The molecule has 0 radical (unpaired) electrons. The molecule has 0 aliphatic carbocycles. The molecule has 0 unspecified atom stereocenters. The molecule has 5 N–H and O–H groups in total. The number of nitrogens with two attached hydrogens (primary N) is 1. The number of hydrogen-bond acceptors (Lipinski definition) is 17. The molecule has 0 saturated carbocycles. The Labute approximate surface area is 678 Å². The van der Waals surface area contributed by atoms with Gasteiger partial charge in [-0.3, -0.25) is 29.8 Å². The number of fused-ring (bicyclic) bond motifs is 4. The van der Waals surface area contributed by atoms with Gasteiger partial charge in [0.15, 0.2) is 39.7 Å². The summed E-state index contributed by atoms with van der Waals surface area (Å²) in [6, 6.07) is 40.5. The van der Waals surface area contributed by atoms with Gasteiger partial charge in [-0.25, -0.2) is 9.97 Å². The van der Waals surface area contributed by atoms with E-state index in [-0.39, 0.29) is 134 Å². The van der Waals surface area contributed by atoms with Crippen molar-refractivity contribution < 1.29 is 174 Å². The largest absolute Gasteiger partial charge is 1.00 e. The summed E-state index contributed by atoms with van der Waals surface area (Å²) in [6.07, 6.45) is -0.00938. The SMILES string of the molecule is COc1cc2nc(=S)n(CCCC(=O)c3cc4ccc(-c5cccnc5)cc4[nH]3)c(N)c2cc1OC.COc1cc2nc(SCc3ccc(C(F)(F)F)cc3)n(CCCC(=O)c3cc4ccc(-c5cccnc5)cc4[nH]3)c(=N)c2cc1OC.FC(F)(F)c1ccc(CBr)cc1.O=CO[O-].[H-].[K+].[K+]. The van der Waals surface area contributed by atoms with Crippen LogP contribution in [0.4, 0.5) is 32.2 Å². The van der Waals surface area contributed by atoms with E-state index in [4.69, 9.17) is 57.3 Å². The van der Waals surface area contributed by atoms with Crippen LogP contribution < -0.4 is 138 Å². The van der Waals surface area contributed by atoms with Crippen molar-refractivity contribution in [2.45, 2.75) is 67.4 Å². The van der Waals surface area contributed by atoms with Crippen LogP contribution in [0.2, 0.25) is 0 Å². The van der Waals surface area contributed by atoms with E-state index in [1.54, 1.807) is 66.2 Å². The summed E-state index contributed by atoms with van der Waals surface area (Å²) < 4.78 is 101. The van der Waals surface area contributed by atoms with Crippen molar-refractivity contribution in [3.63, 3.8) is 0 Å². The van der Waals surface area contributed by atoms with Crippen LogP contribution in [0, 0.1) is 10.2 Å². The average molecular weight is 1540 g/mol. The van der Waals surface area contributed by atoms with E-state index in [1.165, 1.54) is 50.2 Å². The first-order chi connectivity index (χ1) is 47.6. The van der Waals surface area contributed by atoms with Crippen molar-refractivity contribution in [3.8, 4) is 45.3 Å². The molecule has 0 spiro atoms. The van der Waals surface area contributed by atoms with E-state index < -0.39 is 23.5 Å². The number of aromatic amines is 2. The second-order valence-corrected chi connectivity index (χ2v) is 23.7. The number of nitrogens with one attached hydrogen (secondary N) is 3. The number of ketones is 2. The van der Waals surface area contributed by atoms with Gasteiger partial charge in [0, 0.05) is 118 Å². The smallest absolute Gasteiger partial charge is 1.00 e. The topological polar surface area (TPSA) is 263 Å². The maximum Gasteiger partial charge on any atom is 1.00 e. The molecule has 0 aliphatic rings. The number of carbonyl (C=O) groups is 3. The Balaban J connectivity index is 0.000000262. The van der Waals surface area contributed by atoms with Gasteiger partial charge < -0.3 is 55.4 Å². The predicted molar refractivity (Wildman–Crippen MR) is 370 cm³/mol. The van der Waals surface area contributed by atoms with E-state index in [9.17, 15) is 35.9 Å². The van der Waals surface area contributed by atoms with Gasteiger partial charge in [0.25, 0.3) is 6.47 Å². The molecule has 19 nitrogen and oxygen atoms in total. The molecule has 6 aromatic heterocycles. The average Bonchev–Trinajstić information content (AvgIpc) is 1.04. The van der Waals surface area contributed by atoms with Crippen molar-refractivity contribution in [3.05, 3.63) is 214 Å². The van der Waals surface area contributed by atoms with Crippen LogP contribution in [0.1, 0.15) is 70.3 Å². The van der Waals surface area contributed by atoms with Gasteiger partial charge in [0.2, 0.25) is 4.77 Å². The number of anilines is 1. The van der Waals surface area contributed by atoms with Crippen molar-refractivity contribution in [2.24, 2.45) is 0 Å². The minimum atomic E-state index is -4.41. The first-order valence-electron chi connectivity index (χ1n) is 30.1. The second-order valence-electron chi connectivity index (χ2n) is 21.8. The summed E-state index contributed by atoms with van der Waals surface area (Å²) in [6.45, 7) is 0.613. The molecular formula is C71H63BrF6K2N10O9S2. The van der Waals surface area contributed by atoms with Crippen LogP contribution in [0.3, 0.4) is 0 Å². The number of Topliss-reactive ketones (excluding diaryl/α,β-unsaturated/α-hetero) is 2. The zero-order chi connectivity index (χ0) is 71.0. The van der Waals surface area contributed by atoms with Gasteiger partial charge in [-0.1, -0.05) is 88.4 Å². The second kappa shape index (κ2) is 37.9. The van der Waals surface area contributed by atoms with Crippen molar-refractivity contribution in [1.82, 2.24) is 39.0 Å². The number of H-pyrrole nitrogens is 2. The Bertz CT molecular complexity index is 4970. The van der Waals surface area contributed by atoms with E-state index in [0.717, 1.165) is 73.9 Å². The maximum absolute atomic E-state index is 13.3. The Hall–Kier alpha value is -7.15. The van der Waals surface area contributed by atoms with E-state index in [2.05, 4.69) is 45.7 Å². The molecule has 6 aromatic carbocycles. The molecule has 0 aliphatic heterocycles. The fourth-order valence-corrected chi connectivity index (χ4v) is 12.1. The van der Waals surface area contributed by atoms with Crippen LogP contribution in [0.25, 0.3) is 65.9 Å². The quantitative estimate of drug-likeness (QED) is 0.00498. The number of methoxy groups -OCH3 is 4. The molecule has 0 saturated heterocycles. The van der Waals surface area contributed by atoms with Gasteiger partial charge in [-0.15, -0.1) is 0 Å². The summed E-state index contributed by atoms with van der Waals surface area (Å²) in [4.78, 5) is 61.7.